The van der Waals surface area contributed by atoms with E-state index >= 15 is 0 Å². The first kappa shape index (κ1) is 17.8. The Labute approximate surface area is 149 Å². The number of ketones is 1. The van der Waals surface area contributed by atoms with E-state index in [4.69, 9.17) is 9.15 Å². The van der Waals surface area contributed by atoms with E-state index in [-0.39, 0.29) is 24.4 Å². The third-order valence-electron chi connectivity index (χ3n) is 4.27. The Morgan fingerprint density at radius 3 is 2.69 bits per heavy atom. The molecule has 1 aliphatic heterocycles. The molecule has 1 aliphatic rings. The van der Waals surface area contributed by atoms with Crippen molar-refractivity contribution in [3.8, 4) is 0 Å². The number of furan rings is 1. The molecular formula is C19H18FNO5. The van der Waals surface area contributed by atoms with Gasteiger partial charge in [0.2, 0.25) is 11.7 Å². The van der Waals surface area contributed by atoms with Crippen LogP contribution in [0.1, 0.15) is 29.5 Å². The first-order valence-corrected chi connectivity index (χ1v) is 8.24. The Morgan fingerprint density at radius 2 is 2.04 bits per heavy atom. The molecule has 26 heavy (non-hydrogen) atoms. The van der Waals surface area contributed by atoms with Gasteiger partial charge in [-0.3, -0.25) is 14.4 Å². The van der Waals surface area contributed by atoms with Gasteiger partial charge >= 0.3 is 5.97 Å². The molecule has 0 radical (unpaired) electrons. The topological polar surface area (TPSA) is 76.8 Å². The number of Topliss-reactive ketones (excluding diaryl/α,β-unsaturated/α-hetero) is 1. The van der Waals surface area contributed by atoms with Crippen molar-refractivity contribution in [1.82, 2.24) is 4.90 Å². The molecule has 6 nitrogen and oxygen atoms in total. The maximum absolute atomic E-state index is 12.9. The van der Waals surface area contributed by atoms with E-state index in [0.717, 1.165) is 0 Å². The van der Waals surface area contributed by atoms with Gasteiger partial charge in [0.25, 0.3) is 0 Å². The van der Waals surface area contributed by atoms with Crippen LogP contribution in [-0.2, 0) is 20.9 Å². The normalized spacial score (nSPS) is 18.0. The number of hydrogen-bond donors (Lipinski definition) is 0. The summed E-state index contributed by atoms with van der Waals surface area (Å²) in [6, 6.07) is 8.50. The fraction of sp³-hybridized carbons (Fsp3) is 0.316. The minimum Gasteiger partial charge on any atom is -0.467 e. The van der Waals surface area contributed by atoms with Crippen molar-refractivity contribution in [3.05, 3.63) is 59.8 Å². The predicted molar refractivity (Wildman–Crippen MR) is 88.5 cm³/mol. The van der Waals surface area contributed by atoms with Gasteiger partial charge in [-0.05, 0) is 43.3 Å². The Hall–Kier alpha value is -2.96. The van der Waals surface area contributed by atoms with Crippen LogP contribution in [0.2, 0.25) is 0 Å². The van der Waals surface area contributed by atoms with Crippen LogP contribution in [0.3, 0.4) is 0 Å². The molecule has 0 saturated carbocycles. The number of likely N-dealkylation sites (tertiary alicyclic amines) is 1. The summed E-state index contributed by atoms with van der Waals surface area (Å²) < 4.78 is 23.4. The van der Waals surface area contributed by atoms with E-state index in [0.29, 0.717) is 12.3 Å². The van der Waals surface area contributed by atoms with E-state index in [9.17, 15) is 18.8 Å². The lowest BCUT2D eigenvalue weighted by atomic mass is 10.1. The number of esters is 1. The van der Waals surface area contributed by atoms with Crippen LogP contribution < -0.4 is 0 Å². The van der Waals surface area contributed by atoms with E-state index < -0.39 is 29.6 Å². The van der Waals surface area contributed by atoms with Crippen molar-refractivity contribution >= 4 is 17.7 Å². The number of halogens is 1. The second kappa shape index (κ2) is 7.51. The van der Waals surface area contributed by atoms with Crippen LogP contribution >= 0.6 is 0 Å². The fourth-order valence-corrected chi connectivity index (χ4v) is 2.85. The summed E-state index contributed by atoms with van der Waals surface area (Å²) >= 11 is 0. The Bertz CT molecular complexity index is 800. The second-order valence-electron chi connectivity index (χ2n) is 6.20. The molecule has 0 spiro atoms. The summed E-state index contributed by atoms with van der Waals surface area (Å²) in [5, 5.41) is 0. The lowest BCUT2D eigenvalue weighted by Gasteiger charge is -2.17. The molecule has 1 aromatic heterocycles. The Balaban J connectivity index is 1.56. The molecule has 3 rings (SSSR count). The number of ether oxygens (including phenoxy) is 1. The lowest BCUT2D eigenvalue weighted by molar-refractivity contribution is -0.151. The van der Waals surface area contributed by atoms with E-state index in [1.165, 1.54) is 42.4 Å². The SMILES string of the molecule is C[C@@H](OC(=O)[C@H]1CC(=O)N(Cc2ccco2)C1)C(=O)c1ccc(F)cc1. The minimum atomic E-state index is -1.01. The highest BCUT2D eigenvalue weighted by Crippen LogP contribution is 2.22. The highest BCUT2D eigenvalue weighted by Gasteiger charge is 2.37. The quantitative estimate of drug-likeness (QED) is 0.585. The van der Waals surface area contributed by atoms with Crippen LogP contribution in [0.5, 0.6) is 0 Å². The largest absolute Gasteiger partial charge is 0.467 e. The number of carbonyl (C=O) groups is 3. The van der Waals surface area contributed by atoms with Crippen molar-refractivity contribution in [2.45, 2.75) is 26.0 Å². The summed E-state index contributed by atoms with van der Waals surface area (Å²) in [5.41, 5.74) is 0.258. The van der Waals surface area contributed by atoms with Crippen molar-refractivity contribution < 1.29 is 27.9 Å². The van der Waals surface area contributed by atoms with E-state index in [1.54, 1.807) is 12.1 Å². The summed E-state index contributed by atoms with van der Waals surface area (Å²) in [5.74, 6) is -1.63. The molecule has 7 heteroatoms. The monoisotopic (exact) mass is 359 g/mol. The molecule has 1 saturated heterocycles. The molecule has 1 amide bonds. The van der Waals surface area contributed by atoms with Crippen molar-refractivity contribution in [1.29, 1.82) is 0 Å². The van der Waals surface area contributed by atoms with Crippen molar-refractivity contribution in [3.63, 3.8) is 0 Å². The maximum Gasteiger partial charge on any atom is 0.311 e. The predicted octanol–water partition coefficient (Wildman–Crippen LogP) is 2.58. The average molecular weight is 359 g/mol. The zero-order chi connectivity index (χ0) is 18.7. The highest BCUT2D eigenvalue weighted by atomic mass is 19.1. The molecule has 2 atom stereocenters. The average Bonchev–Trinajstić information content (AvgIpc) is 3.25. The molecule has 0 N–H and O–H groups in total. The summed E-state index contributed by atoms with van der Waals surface area (Å²) in [7, 11) is 0. The van der Waals surface area contributed by atoms with Gasteiger partial charge in [0.15, 0.2) is 6.10 Å². The molecule has 0 unspecified atom stereocenters. The molecule has 2 heterocycles. The van der Waals surface area contributed by atoms with Crippen LogP contribution in [0, 0.1) is 11.7 Å². The zero-order valence-electron chi connectivity index (χ0n) is 14.2. The van der Waals surface area contributed by atoms with Gasteiger partial charge in [0, 0.05) is 18.5 Å². The highest BCUT2D eigenvalue weighted by molar-refractivity contribution is 6.00. The van der Waals surface area contributed by atoms with Gasteiger partial charge in [0.1, 0.15) is 11.6 Å². The second-order valence-corrected chi connectivity index (χ2v) is 6.20. The number of amides is 1. The number of hydrogen-bond acceptors (Lipinski definition) is 5. The van der Waals surface area contributed by atoms with Gasteiger partial charge < -0.3 is 14.1 Å². The third-order valence-corrected chi connectivity index (χ3v) is 4.27. The zero-order valence-corrected chi connectivity index (χ0v) is 14.2. The number of benzene rings is 1. The van der Waals surface area contributed by atoms with Crippen molar-refractivity contribution in [2.75, 3.05) is 6.54 Å². The van der Waals surface area contributed by atoms with Crippen LogP contribution in [0.15, 0.2) is 47.1 Å². The molecule has 136 valence electrons. The van der Waals surface area contributed by atoms with Crippen LogP contribution in [0.4, 0.5) is 4.39 Å². The minimum absolute atomic E-state index is 0.0387. The smallest absolute Gasteiger partial charge is 0.311 e. The number of rotatable bonds is 6. The lowest BCUT2D eigenvalue weighted by Crippen LogP contribution is -2.30. The van der Waals surface area contributed by atoms with Crippen LogP contribution in [-0.4, -0.2) is 35.2 Å². The Kier molecular flexibility index (Phi) is 5.16. The third kappa shape index (κ3) is 3.99. The van der Waals surface area contributed by atoms with Gasteiger partial charge in [-0.15, -0.1) is 0 Å². The summed E-state index contributed by atoms with van der Waals surface area (Å²) in [4.78, 5) is 38.1. The number of nitrogens with zero attached hydrogens (tertiary/aromatic N) is 1. The van der Waals surface area contributed by atoms with Gasteiger partial charge in [-0.2, -0.15) is 0 Å². The van der Waals surface area contributed by atoms with Crippen LogP contribution in [0.25, 0.3) is 0 Å². The number of carbonyl (C=O) groups excluding carboxylic acids is 3. The fourth-order valence-electron chi connectivity index (χ4n) is 2.85. The maximum atomic E-state index is 12.9. The van der Waals surface area contributed by atoms with Gasteiger partial charge in [0.05, 0.1) is 18.7 Å². The van der Waals surface area contributed by atoms with Gasteiger partial charge in [-0.25, -0.2) is 4.39 Å². The molecule has 1 aromatic carbocycles. The summed E-state index contributed by atoms with van der Waals surface area (Å²) in [6.45, 7) is 1.97. The first-order chi connectivity index (χ1) is 12.4. The first-order valence-electron chi connectivity index (χ1n) is 8.24. The van der Waals surface area contributed by atoms with E-state index in [1.807, 2.05) is 0 Å². The molecule has 2 aromatic rings. The molecule has 0 aliphatic carbocycles. The standard InChI is InChI=1S/C19H18FNO5/c1-12(18(23)13-4-6-15(20)7-5-13)26-19(24)14-9-17(22)21(10-14)11-16-3-2-8-25-16/h2-8,12,14H,9-11H2,1H3/t12-,14+/m1/s1. The summed E-state index contributed by atoms with van der Waals surface area (Å²) in [6.07, 6.45) is 0.545. The van der Waals surface area contributed by atoms with Gasteiger partial charge in [-0.1, -0.05) is 0 Å². The van der Waals surface area contributed by atoms with E-state index in [2.05, 4.69) is 0 Å². The van der Waals surface area contributed by atoms with Crippen molar-refractivity contribution in [2.24, 2.45) is 5.92 Å². The molecule has 0 bridgehead atoms. The molecular weight excluding hydrogens is 341 g/mol. The Morgan fingerprint density at radius 1 is 1.31 bits per heavy atom. The molecule has 1 fully saturated rings.